The third-order valence-electron chi connectivity index (χ3n) is 2.59. The van der Waals surface area contributed by atoms with Crippen molar-refractivity contribution >= 4 is 15.9 Å². The summed E-state index contributed by atoms with van der Waals surface area (Å²) in [6.45, 7) is 1.97. The highest BCUT2D eigenvalue weighted by molar-refractivity contribution is 9.10. The first-order chi connectivity index (χ1) is 8.85. The van der Waals surface area contributed by atoms with Crippen LogP contribution >= 0.6 is 15.9 Å². The topological polar surface area (TPSA) is 9.23 Å². The summed E-state index contributed by atoms with van der Waals surface area (Å²) in [5, 5.41) is 0. The van der Waals surface area contributed by atoms with Crippen molar-refractivity contribution < 1.29 is 17.9 Å². The molecule has 0 amide bonds. The quantitative estimate of drug-likeness (QED) is 0.723. The van der Waals surface area contributed by atoms with Crippen LogP contribution in [0.5, 0.6) is 5.75 Å². The van der Waals surface area contributed by atoms with Crippen LogP contribution in [0.3, 0.4) is 0 Å². The number of ether oxygens (including phenoxy) is 1. The lowest BCUT2D eigenvalue weighted by Gasteiger charge is -2.09. The maximum Gasteiger partial charge on any atom is 0.573 e. The van der Waals surface area contributed by atoms with Crippen LogP contribution in [0.15, 0.2) is 46.9 Å². The lowest BCUT2D eigenvalue weighted by molar-refractivity contribution is -0.274. The van der Waals surface area contributed by atoms with Gasteiger partial charge in [0.05, 0.1) is 0 Å². The number of hydrogen-bond acceptors (Lipinski definition) is 1. The van der Waals surface area contributed by atoms with Gasteiger partial charge in [-0.05, 0) is 41.8 Å². The zero-order valence-corrected chi connectivity index (χ0v) is 11.5. The molecule has 0 saturated heterocycles. The van der Waals surface area contributed by atoms with Crippen LogP contribution in [0.1, 0.15) is 5.56 Å². The van der Waals surface area contributed by atoms with E-state index in [1.807, 2.05) is 25.1 Å². The molecule has 0 spiro atoms. The molecule has 2 aromatic carbocycles. The molecule has 0 unspecified atom stereocenters. The van der Waals surface area contributed by atoms with Gasteiger partial charge in [0.1, 0.15) is 5.75 Å². The Bertz CT molecular complexity index is 576. The van der Waals surface area contributed by atoms with Crippen molar-refractivity contribution in [3.63, 3.8) is 0 Å². The molecule has 0 heterocycles. The molecule has 0 bridgehead atoms. The number of rotatable bonds is 2. The van der Waals surface area contributed by atoms with Gasteiger partial charge in [-0.2, -0.15) is 0 Å². The van der Waals surface area contributed by atoms with Crippen LogP contribution in [0, 0.1) is 6.92 Å². The Balaban J connectivity index is 2.25. The Morgan fingerprint density at radius 1 is 0.947 bits per heavy atom. The van der Waals surface area contributed by atoms with Gasteiger partial charge in [0.2, 0.25) is 0 Å². The van der Waals surface area contributed by atoms with Gasteiger partial charge in [-0.25, -0.2) is 0 Å². The van der Waals surface area contributed by atoms with E-state index in [9.17, 15) is 13.2 Å². The van der Waals surface area contributed by atoms with Gasteiger partial charge >= 0.3 is 6.36 Å². The standard InChI is InChI=1S/C14H10BrF3O/c1-9-2-3-11(8-13(9)15)10-4-6-12(7-5-10)19-14(16,17)18/h2-8H,1H3. The Morgan fingerprint density at radius 3 is 2.05 bits per heavy atom. The van der Waals surface area contributed by atoms with E-state index in [4.69, 9.17) is 0 Å². The lowest BCUT2D eigenvalue weighted by atomic mass is 10.0. The molecule has 5 heteroatoms. The molecule has 2 rings (SSSR count). The molecule has 0 aliphatic rings. The van der Waals surface area contributed by atoms with E-state index in [0.717, 1.165) is 21.2 Å². The molecule has 0 fully saturated rings. The average Bonchev–Trinajstić information content (AvgIpc) is 2.32. The molecular weight excluding hydrogens is 321 g/mol. The average molecular weight is 331 g/mol. The van der Waals surface area contributed by atoms with E-state index >= 15 is 0 Å². The van der Waals surface area contributed by atoms with Gasteiger partial charge in [0.15, 0.2) is 0 Å². The van der Waals surface area contributed by atoms with Crippen molar-refractivity contribution in [1.29, 1.82) is 0 Å². The highest BCUT2D eigenvalue weighted by atomic mass is 79.9. The molecule has 100 valence electrons. The maximum absolute atomic E-state index is 12.0. The molecule has 0 atom stereocenters. The summed E-state index contributed by atoms with van der Waals surface area (Å²) in [5.41, 5.74) is 2.85. The number of halogens is 4. The Hall–Kier alpha value is -1.49. The normalized spacial score (nSPS) is 11.4. The van der Waals surface area contributed by atoms with Crippen LogP contribution in [0.4, 0.5) is 13.2 Å². The minimum Gasteiger partial charge on any atom is -0.406 e. The number of aryl methyl sites for hydroxylation is 1. The molecule has 19 heavy (non-hydrogen) atoms. The van der Waals surface area contributed by atoms with Crippen molar-refractivity contribution in [1.82, 2.24) is 0 Å². The Labute approximate surface area is 117 Å². The Morgan fingerprint density at radius 2 is 1.53 bits per heavy atom. The molecular formula is C14H10BrF3O. The van der Waals surface area contributed by atoms with Gasteiger partial charge in [-0.1, -0.05) is 40.2 Å². The molecule has 0 aromatic heterocycles. The van der Waals surface area contributed by atoms with Crippen molar-refractivity contribution in [2.24, 2.45) is 0 Å². The molecule has 0 aliphatic carbocycles. The summed E-state index contributed by atoms with van der Waals surface area (Å²) in [7, 11) is 0. The lowest BCUT2D eigenvalue weighted by Crippen LogP contribution is -2.16. The summed E-state index contributed by atoms with van der Waals surface area (Å²) >= 11 is 3.42. The first-order valence-electron chi connectivity index (χ1n) is 5.47. The van der Waals surface area contributed by atoms with Gasteiger partial charge in [-0.3, -0.25) is 0 Å². The van der Waals surface area contributed by atoms with Crippen LogP contribution < -0.4 is 4.74 Å². The SMILES string of the molecule is Cc1ccc(-c2ccc(OC(F)(F)F)cc2)cc1Br. The molecule has 0 N–H and O–H groups in total. The summed E-state index contributed by atoms with van der Waals surface area (Å²) in [4.78, 5) is 0. The second-order valence-electron chi connectivity index (χ2n) is 4.04. The number of hydrogen-bond donors (Lipinski definition) is 0. The van der Waals surface area contributed by atoms with E-state index in [1.165, 1.54) is 12.1 Å². The fourth-order valence-corrected chi connectivity index (χ4v) is 2.00. The smallest absolute Gasteiger partial charge is 0.406 e. The Kier molecular flexibility index (Phi) is 3.85. The zero-order valence-electron chi connectivity index (χ0n) is 9.96. The van der Waals surface area contributed by atoms with E-state index in [-0.39, 0.29) is 5.75 Å². The van der Waals surface area contributed by atoms with Crippen molar-refractivity contribution in [3.05, 3.63) is 52.5 Å². The first kappa shape index (κ1) is 13.9. The van der Waals surface area contributed by atoms with Crippen LogP contribution in [-0.4, -0.2) is 6.36 Å². The minimum absolute atomic E-state index is 0.220. The zero-order chi connectivity index (χ0) is 14.0. The van der Waals surface area contributed by atoms with Gasteiger partial charge in [0.25, 0.3) is 0 Å². The summed E-state index contributed by atoms with van der Waals surface area (Å²) in [6, 6.07) is 11.6. The molecule has 0 radical (unpaired) electrons. The maximum atomic E-state index is 12.0. The predicted octanol–water partition coefficient (Wildman–Crippen LogP) is 5.32. The van der Waals surface area contributed by atoms with Crippen molar-refractivity contribution in [2.45, 2.75) is 13.3 Å². The monoisotopic (exact) mass is 330 g/mol. The van der Waals surface area contributed by atoms with Gasteiger partial charge < -0.3 is 4.74 Å². The number of alkyl halides is 3. The summed E-state index contributed by atoms with van der Waals surface area (Å²) < 4.78 is 40.9. The van der Waals surface area contributed by atoms with Gasteiger partial charge in [-0.15, -0.1) is 13.2 Å². The number of benzene rings is 2. The van der Waals surface area contributed by atoms with E-state index in [0.29, 0.717) is 0 Å². The third kappa shape index (κ3) is 3.73. The second kappa shape index (κ2) is 5.25. The third-order valence-corrected chi connectivity index (χ3v) is 3.45. The van der Waals surface area contributed by atoms with Crippen molar-refractivity contribution in [2.75, 3.05) is 0 Å². The molecule has 0 aliphatic heterocycles. The largest absolute Gasteiger partial charge is 0.573 e. The minimum atomic E-state index is -4.66. The fraction of sp³-hybridized carbons (Fsp3) is 0.143. The summed E-state index contributed by atoms with van der Waals surface area (Å²) in [6.07, 6.45) is -4.66. The van der Waals surface area contributed by atoms with Gasteiger partial charge in [0, 0.05) is 4.47 Å². The highest BCUT2D eigenvalue weighted by Gasteiger charge is 2.30. The molecule has 0 saturated carbocycles. The van der Waals surface area contributed by atoms with Crippen molar-refractivity contribution in [3.8, 4) is 16.9 Å². The second-order valence-corrected chi connectivity index (χ2v) is 4.89. The summed E-state index contributed by atoms with van der Waals surface area (Å²) in [5.74, 6) is -0.220. The van der Waals surface area contributed by atoms with Crippen LogP contribution in [0.2, 0.25) is 0 Å². The first-order valence-corrected chi connectivity index (χ1v) is 6.27. The van der Waals surface area contributed by atoms with E-state index in [2.05, 4.69) is 20.7 Å². The predicted molar refractivity (Wildman–Crippen MR) is 71.0 cm³/mol. The van der Waals surface area contributed by atoms with E-state index in [1.54, 1.807) is 12.1 Å². The van der Waals surface area contributed by atoms with E-state index < -0.39 is 6.36 Å². The fourth-order valence-electron chi connectivity index (χ4n) is 1.62. The van der Waals surface area contributed by atoms with Crippen LogP contribution in [-0.2, 0) is 0 Å². The molecule has 1 nitrogen and oxygen atoms in total. The highest BCUT2D eigenvalue weighted by Crippen LogP contribution is 2.28. The molecule has 2 aromatic rings. The van der Waals surface area contributed by atoms with Crippen LogP contribution in [0.25, 0.3) is 11.1 Å².